The molecule has 0 atom stereocenters. The number of aromatic nitrogens is 6. The maximum absolute atomic E-state index is 4.61. The molecule has 5 aromatic heterocycles. The summed E-state index contributed by atoms with van der Waals surface area (Å²) in [5, 5.41) is 14.2. The van der Waals surface area contributed by atoms with Crippen LogP contribution in [0.3, 0.4) is 0 Å². The Morgan fingerprint density at radius 1 is 1.00 bits per heavy atom. The van der Waals surface area contributed by atoms with Crippen LogP contribution in [0.2, 0.25) is 0 Å². The summed E-state index contributed by atoms with van der Waals surface area (Å²) >= 11 is 1.80. The molecule has 0 saturated heterocycles. The van der Waals surface area contributed by atoms with Crippen molar-refractivity contribution < 1.29 is 0 Å². The number of nitrogens with one attached hydrogen (secondary N) is 2. The lowest BCUT2D eigenvalue weighted by molar-refractivity contribution is 0.768. The average Bonchev–Trinajstić information content (AvgIpc) is 3.52. The highest BCUT2D eigenvalue weighted by Gasteiger charge is 2.15. The molecule has 0 fully saturated rings. The van der Waals surface area contributed by atoms with Crippen molar-refractivity contribution in [2.75, 3.05) is 0 Å². The number of fused-ring (bicyclic) bond motifs is 2. The van der Waals surface area contributed by atoms with Crippen molar-refractivity contribution in [1.29, 1.82) is 0 Å². The van der Waals surface area contributed by atoms with Crippen molar-refractivity contribution in [3.63, 3.8) is 0 Å². The van der Waals surface area contributed by atoms with E-state index >= 15 is 0 Å². The molecule has 5 heterocycles. The van der Waals surface area contributed by atoms with Gasteiger partial charge in [0.15, 0.2) is 0 Å². The maximum atomic E-state index is 4.61. The lowest BCUT2D eigenvalue weighted by atomic mass is 10.1. The highest BCUT2D eigenvalue weighted by atomic mass is 32.1. The van der Waals surface area contributed by atoms with Crippen LogP contribution in [0.15, 0.2) is 61.1 Å². The van der Waals surface area contributed by atoms with E-state index in [0.717, 1.165) is 44.5 Å². The molecule has 0 unspecified atom stereocenters. The van der Waals surface area contributed by atoms with Gasteiger partial charge in [0.1, 0.15) is 11.3 Å². The van der Waals surface area contributed by atoms with Crippen molar-refractivity contribution in [3.8, 4) is 33.0 Å². The van der Waals surface area contributed by atoms with Crippen LogP contribution < -0.4 is 0 Å². The number of aromatic amines is 2. The van der Waals surface area contributed by atoms with E-state index in [4.69, 9.17) is 0 Å². The Labute approximate surface area is 176 Å². The van der Waals surface area contributed by atoms with Gasteiger partial charge in [0, 0.05) is 51.1 Å². The van der Waals surface area contributed by atoms with Crippen molar-refractivity contribution in [2.24, 2.45) is 7.05 Å². The monoisotopic (exact) mass is 410 g/mol. The van der Waals surface area contributed by atoms with Gasteiger partial charge in [-0.25, -0.2) is 4.98 Å². The number of pyridine rings is 1. The fourth-order valence-corrected chi connectivity index (χ4v) is 4.82. The third-order valence-electron chi connectivity index (χ3n) is 5.39. The number of rotatable bonds is 3. The van der Waals surface area contributed by atoms with E-state index in [1.54, 1.807) is 11.3 Å². The third-order valence-corrected chi connectivity index (χ3v) is 6.43. The van der Waals surface area contributed by atoms with Crippen LogP contribution in [-0.2, 0) is 7.05 Å². The number of benzene rings is 1. The molecule has 7 heteroatoms. The SMILES string of the molecule is Cc1ccc(-c2ccnc3[nH]c(-c4n[nH]c5ccc(-c6cnn(C)c6)cc45)cc23)s1. The molecule has 6 nitrogen and oxygen atoms in total. The van der Waals surface area contributed by atoms with E-state index < -0.39 is 0 Å². The van der Waals surface area contributed by atoms with Crippen molar-refractivity contribution in [3.05, 3.63) is 65.9 Å². The van der Waals surface area contributed by atoms with Gasteiger partial charge in [-0.05, 0) is 48.9 Å². The maximum Gasteiger partial charge on any atom is 0.138 e. The summed E-state index contributed by atoms with van der Waals surface area (Å²) in [6, 6.07) is 14.9. The third kappa shape index (κ3) is 2.67. The molecule has 30 heavy (non-hydrogen) atoms. The second-order valence-electron chi connectivity index (χ2n) is 7.45. The first-order chi connectivity index (χ1) is 14.7. The van der Waals surface area contributed by atoms with Crippen LogP contribution in [0.1, 0.15) is 4.88 Å². The summed E-state index contributed by atoms with van der Waals surface area (Å²) in [5.41, 5.74) is 7.10. The molecule has 6 rings (SSSR count). The second kappa shape index (κ2) is 6.40. The summed E-state index contributed by atoms with van der Waals surface area (Å²) < 4.78 is 1.81. The minimum atomic E-state index is 0.869. The van der Waals surface area contributed by atoms with E-state index in [9.17, 15) is 0 Å². The van der Waals surface area contributed by atoms with Gasteiger partial charge in [0.2, 0.25) is 0 Å². The molecule has 0 aliphatic heterocycles. The first-order valence-corrected chi connectivity index (χ1v) is 10.5. The predicted molar refractivity (Wildman–Crippen MR) is 121 cm³/mol. The zero-order valence-corrected chi connectivity index (χ0v) is 17.3. The Balaban J connectivity index is 1.52. The Kier molecular flexibility index (Phi) is 3.66. The molecule has 146 valence electrons. The molecule has 0 aliphatic rings. The van der Waals surface area contributed by atoms with Gasteiger partial charge in [0.05, 0.1) is 17.4 Å². The number of nitrogens with zero attached hydrogens (tertiary/aromatic N) is 4. The Bertz CT molecular complexity index is 1530. The minimum Gasteiger partial charge on any atom is -0.338 e. The first kappa shape index (κ1) is 17.2. The minimum absolute atomic E-state index is 0.869. The van der Waals surface area contributed by atoms with E-state index in [1.807, 2.05) is 30.3 Å². The highest BCUT2D eigenvalue weighted by Crippen LogP contribution is 2.36. The predicted octanol–water partition coefficient (Wildman–Crippen LogP) is 5.54. The topological polar surface area (TPSA) is 75.2 Å². The fraction of sp³-hybridized carbons (Fsp3) is 0.0870. The van der Waals surface area contributed by atoms with Crippen molar-refractivity contribution >= 4 is 33.3 Å². The first-order valence-electron chi connectivity index (χ1n) is 9.68. The van der Waals surface area contributed by atoms with Gasteiger partial charge in [0.25, 0.3) is 0 Å². The molecular formula is C23H18N6S. The lowest BCUT2D eigenvalue weighted by Gasteiger charge is -1.99. The quantitative estimate of drug-likeness (QED) is 0.402. The number of aryl methyl sites for hydroxylation is 2. The summed E-state index contributed by atoms with van der Waals surface area (Å²) in [6.45, 7) is 2.13. The van der Waals surface area contributed by atoms with Gasteiger partial charge in [-0.2, -0.15) is 10.2 Å². The lowest BCUT2D eigenvalue weighted by Crippen LogP contribution is -1.84. The van der Waals surface area contributed by atoms with Gasteiger partial charge in [-0.1, -0.05) is 6.07 Å². The van der Waals surface area contributed by atoms with E-state index in [-0.39, 0.29) is 0 Å². The van der Waals surface area contributed by atoms with E-state index in [0.29, 0.717) is 0 Å². The molecular weight excluding hydrogens is 392 g/mol. The number of hydrogen-bond acceptors (Lipinski definition) is 4. The normalized spacial score (nSPS) is 11.7. The highest BCUT2D eigenvalue weighted by molar-refractivity contribution is 7.15. The molecule has 0 spiro atoms. The molecule has 0 saturated carbocycles. The zero-order chi connectivity index (χ0) is 20.2. The molecule has 0 amide bonds. The summed E-state index contributed by atoms with van der Waals surface area (Å²) in [4.78, 5) is 10.6. The van der Waals surface area contributed by atoms with Crippen LogP contribution in [0, 0.1) is 6.92 Å². The van der Waals surface area contributed by atoms with Crippen LogP contribution in [0.5, 0.6) is 0 Å². The van der Waals surface area contributed by atoms with Gasteiger partial charge in [-0.15, -0.1) is 11.3 Å². The molecule has 6 aromatic rings. The molecule has 0 radical (unpaired) electrons. The second-order valence-corrected chi connectivity index (χ2v) is 8.74. The van der Waals surface area contributed by atoms with Crippen LogP contribution in [0.25, 0.3) is 54.9 Å². The van der Waals surface area contributed by atoms with Crippen LogP contribution in [0.4, 0.5) is 0 Å². The Hall–Kier alpha value is -3.71. The molecule has 0 aliphatic carbocycles. The van der Waals surface area contributed by atoms with Crippen molar-refractivity contribution in [2.45, 2.75) is 6.92 Å². The Morgan fingerprint density at radius 2 is 1.93 bits per heavy atom. The van der Waals surface area contributed by atoms with Crippen LogP contribution >= 0.6 is 11.3 Å². The van der Waals surface area contributed by atoms with Crippen molar-refractivity contribution in [1.82, 2.24) is 29.9 Å². The summed E-state index contributed by atoms with van der Waals surface area (Å²) in [6.07, 6.45) is 5.75. The standard InChI is InChI=1S/C23H18N6S/c1-13-3-6-21(30-13)16-7-8-24-23-17(16)10-20(26-23)22-18-9-14(4-5-19(18)27-28-22)15-11-25-29(2)12-15/h3-12H,1-2H3,(H,24,26)(H,27,28). The smallest absolute Gasteiger partial charge is 0.138 e. The van der Waals surface area contributed by atoms with Crippen LogP contribution in [-0.4, -0.2) is 29.9 Å². The zero-order valence-electron chi connectivity index (χ0n) is 16.5. The van der Waals surface area contributed by atoms with E-state index in [1.165, 1.54) is 15.3 Å². The van der Waals surface area contributed by atoms with Gasteiger partial charge < -0.3 is 4.98 Å². The summed E-state index contributed by atoms with van der Waals surface area (Å²) in [5.74, 6) is 0. The average molecular weight is 411 g/mol. The fourth-order valence-electron chi connectivity index (χ4n) is 3.92. The largest absolute Gasteiger partial charge is 0.338 e. The van der Waals surface area contributed by atoms with Gasteiger partial charge in [-0.3, -0.25) is 9.78 Å². The number of H-pyrrole nitrogens is 2. The van der Waals surface area contributed by atoms with Gasteiger partial charge >= 0.3 is 0 Å². The molecule has 0 bridgehead atoms. The number of hydrogen-bond donors (Lipinski definition) is 2. The number of thiophene rings is 1. The summed E-state index contributed by atoms with van der Waals surface area (Å²) in [7, 11) is 1.93. The van der Waals surface area contributed by atoms with E-state index in [2.05, 4.69) is 74.7 Å². The molecule has 2 N–H and O–H groups in total. The molecule has 1 aromatic carbocycles. The Morgan fingerprint density at radius 3 is 2.73 bits per heavy atom.